The van der Waals surface area contributed by atoms with Crippen molar-refractivity contribution in [2.24, 2.45) is 0 Å². The number of aromatic nitrogens is 2. The number of hydrogen-bond acceptors (Lipinski definition) is 6. The Morgan fingerprint density at radius 2 is 1.84 bits per heavy atom. The molecule has 2 heterocycles. The second-order valence-corrected chi connectivity index (χ2v) is 14.2. The van der Waals surface area contributed by atoms with Crippen molar-refractivity contribution >= 4 is 47.2 Å². The molecule has 0 unspecified atom stereocenters. The quantitative estimate of drug-likeness (QED) is 0.275. The second kappa shape index (κ2) is 10.7. The molecule has 2 atom stereocenters. The number of benzene rings is 2. The zero-order valence-corrected chi connectivity index (χ0v) is 23.2. The summed E-state index contributed by atoms with van der Waals surface area (Å²) in [6, 6.07) is 12.7. The first-order valence-electron chi connectivity index (χ1n) is 12.9. The number of rotatable bonds is 6. The highest BCUT2D eigenvalue weighted by molar-refractivity contribution is 7.70. The van der Waals surface area contributed by atoms with Crippen LogP contribution < -0.4 is 15.9 Å². The average molecular weight is 542 g/mol. The maximum absolute atomic E-state index is 13.7. The van der Waals surface area contributed by atoms with E-state index in [1.165, 1.54) is 11.1 Å². The summed E-state index contributed by atoms with van der Waals surface area (Å²) in [7, 11) is -2.52. The molecule has 196 valence electrons. The number of halogens is 2. The molecule has 3 aromatic rings. The first-order chi connectivity index (χ1) is 17.7. The minimum Gasteiger partial charge on any atom is -0.338 e. The van der Waals surface area contributed by atoms with Crippen molar-refractivity contribution in [3.05, 3.63) is 64.3 Å². The van der Waals surface area contributed by atoms with E-state index < -0.39 is 13.3 Å². The van der Waals surface area contributed by atoms with Gasteiger partial charge in [-0.15, -0.1) is 0 Å². The summed E-state index contributed by atoms with van der Waals surface area (Å²) in [6.07, 6.45) is 5.66. The van der Waals surface area contributed by atoms with Crippen LogP contribution in [0.5, 0.6) is 0 Å². The molecule has 2 aliphatic rings. The van der Waals surface area contributed by atoms with E-state index in [2.05, 4.69) is 43.7 Å². The molecular weight excluding hydrogens is 508 g/mol. The Hall–Kier alpha value is -2.47. The molecule has 37 heavy (non-hydrogen) atoms. The lowest BCUT2D eigenvalue weighted by molar-refractivity contribution is 0.204. The molecule has 2 N–H and O–H groups in total. The van der Waals surface area contributed by atoms with Crippen LogP contribution in [0.25, 0.3) is 0 Å². The highest BCUT2D eigenvalue weighted by Crippen LogP contribution is 2.39. The minimum absolute atomic E-state index is 0.379. The topological polar surface area (TPSA) is 70.2 Å². The van der Waals surface area contributed by atoms with Crippen LogP contribution in [0.1, 0.15) is 36.0 Å². The van der Waals surface area contributed by atoms with E-state index in [4.69, 9.17) is 11.6 Å². The fraction of sp³-hybridized carbons (Fsp3) is 0.429. The highest BCUT2D eigenvalue weighted by Gasteiger charge is 2.29. The van der Waals surface area contributed by atoms with Crippen LogP contribution in [0.4, 0.5) is 27.5 Å². The number of hydrogen-bond donors (Lipinski definition) is 2. The molecule has 0 radical (unpaired) electrons. The first-order valence-corrected chi connectivity index (χ1v) is 15.9. The van der Waals surface area contributed by atoms with Gasteiger partial charge in [0.25, 0.3) is 0 Å². The highest BCUT2D eigenvalue weighted by atomic mass is 35.5. The minimum atomic E-state index is -2.52. The van der Waals surface area contributed by atoms with E-state index in [0.717, 1.165) is 54.5 Å². The van der Waals surface area contributed by atoms with Crippen molar-refractivity contribution in [3.63, 3.8) is 0 Å². The predicted molar refractivity (Wildman–Crippen MR) is 152 cm³/mol. The standard InChI is InChI=1S/C28H34ClFN5OP/c1-18-4-11-25(26(14-18)37(2,3)36)33-27-24(29)16-31-28(34-27)32-22-8-5-19-6-9-23(10-7-20(19)15-22)35-13-12-21(30)17-35/h4-5,8,11,14-16,21,23H,6-7,9-10,12-13,17H2,1-3H3,(H2,31,32,33,34)/t21-,23-/m0/s1. The Labute approximate surface area is 223 Å². The largest absolute Gasteiger partial charge is 0.338 e. The third-order valence-corrected chi connectivity index (χ3v) is 9.17. The number of nitrogens with one attached hydrogen (secondary N) is 2. The Morgan fingerprint density at radius 1 is 1.05 bits per heavy atom. The van der Waals surface area contributed by atoms with Gasteiger partial charge in [0.2, 0.25) is 5.95 Å². The maximum atomic E-state index is 13.7. The van der Waals surface area contributed by atoms with Gasteiger partial charge in [-0.2, -0.15) is 4.98 Å². The van der Waals surface area contributed by atoms with Crippen molar-refractivity contribution in [1.82, 2.24) is 14.9 Å². The Kier molecular flexibility index (Phi) is 7.58. The lowest BCUT2D eigenvalue weighted by Gasteiger charge is -2.25. The van der Waals surface area contributed by atoms with Crippen LogP contribution in [0, 0.1) is 6.92 Å². The lowest BCUT2D eigenvalue weighted by Crippen LogP contribution is -2.33. The maximum Gasteiger partial charge on any atom is 0.229 e. The van der Waals surface area contributed by atoms with Gasteiger partial charge < -0.3 is 15.2 Å². The Balaban J connectivity index is 1.32. The third-order valence-electron chi connectivity index (χ3n) is 7.37. The molecule has 1 saturated heterocycles. The molecule has 1 fully saturated rings. The van der Waals surface area contributed by atoms with E-state index >= 15 is 0 Å². The van der Waals surface area contributed by atoms with E-state index in [1.54, 1.807) is 19.5 Å². The van der Waals surface area contributed by atoms with Gasteiger partial charge >= 0.3 is 0 Å². The number of likely N-dealkylation sites (tertiary alicyclic amines) is 1. The molecule has 9 heteroatoms. The predicted octanol–water partition coefficient (Wildman–Crippen LogP) is 6.46. The molecule has 5 rings (SSSR count). The summed E-state index contributed by atoms with van der Waals surface area (Å²) >= 11 is 6.42. The van der Waals surface area contributed by atoms with E-state index in [1.807, 2.05) is 25.1 Å². The SMILES string of the molecule is Cc1ccc(Nc2nc(Nc3ccc4c(c3)CC[C@@H](N3CC[C@H](F)C3)CC4)ncc2Cl)c(P(C)(C)=O)c1. The lowest BCUT2D eigenvalue weighted by atomic mass is 10.0. The van der Waals surface area contributed by atoms with Crippen molar-refractivity contribution in [2.75, 3.05) is 37.1 Å². The van der Waals surface area contributed by atoms with Gasteiger partial charge in [0.05, 0.1) is 11.9 Å². The summed E-state index contributed by atoms with van der Waals surface area (Å²) in [6.45, 7) is 6.94. The van der Waals surface area contributed by atoms with Crippen LogP contribution in [0.3, 0.4) is 0 Å². The van der Waals surface area contributed by atoms with Crippen LogP contribution in [-0.2, 0) is 17.4 Å². The summed E-state index contributed by atoms with van der Waals surface area (Å²) in [5.74, 6) is 0.876. The number of anilines is 4. The zero-order chi connectivity index (χ0) is 26.2. The van der Waals surface area contributed by atoms with Crippen molar-refractivity contribution < 1.29 is 8.96 Å². The zero-order valence-electron chi connectivity index (χ0n) is 21.6. The van der Waals surface area contributed by atoms with Crippen LogP contribution in [0.2, 0.25) is 5.02 Å². The molecular formula is C28H34ClFN5OP. The summed E-state index contributed by atoms with van der Waals surface area (Å²) in [5, 5.41) is 7.73. The molecule has 0 bridgehead atoms. The first kappa shape index (κ1) is 26.1. The monoisotopic (exact) mass is 541 g/mol. The molecule has 1 aliphatic heterocycles. The van der Waals surface area contributed by atoms with Gasteiger partial charge in [-0.3, -0.25) is 4.90 Å². The Morgan fingerprint density at radius 3 is 2.57 bits per heavy atom. The fourth-order valence-corrected chi connectivity index (χ4v) is 6.74. The normalized spacial score (nSPS) is 20.4. The second-order valence-electron chi connectivity index (χ2n) is 10.6. The van der Waals surface area contributed by atoms with Crippen LogP contribution in [0.15, 0.2) is 42.6 Å². The average Bonchev–Trinajstić information content (AvgIpc) is 3.17. The van der Waals surface area contributed by atoms with E-state index in [0.29, 0.717) is 35.8 Å². The van der Waals surface area contributed by atoms with Gasteiger partial charge in [0.15, 0.2) is 5.82 Å². The molecule has 0 saturated carbocycles. The van der Waals surface area contributed by atoms with Gasteiger partial charge in [-0.25, -0.2) is 9.37 Å². The molecule has 2 aromatic carbocycles. The fourth-order valence-electron chi connectivity index (χ4n) is 5.37. The molecule has 1 aliphatic carbocycles. The summed E-state index contributed by atoms with van der Waals surface area (Å²) in [5.41, 5.74) is 5.36. The van der Waals surface area contributed by atoms with Gasteiger partial charge in [-0.1, -0.05) is 29.3 Å². The smallest absolute Gasteiger partial charge is 0.229 e. The number of alkyl halides is 1. The summed E-state index contributed by atoms with van der Waals surface area (Å²) in [4.78, 5) is 11.3. The van der Waals surface area contributed by atoms with Crippen LogP contribution >= 0.6 is 18.7 Å². The molecule has 0 amide bonds. The molecule has 1 aromatic heterocycles. The van der Waals surface area contributed by atoms with E-state index in [9.17, 15) is 8.96 Å². The number of aryl methyl sites for hydroxylation is 3. The summed E-state index contributed by atoms with van der Waals surface area (Å²) < 4.78 is 26.6. The van der Waals surface area contributed by atoms with Gasteiger partial charge in [0.1, 0.15) is 18.3 Å². The van der Waals surface area contributed by atoms with Crippen LogP contribution in [-0.4, -0.2) is 53.5 Å². The third kappa shape index (κ3) is 6.17. The van der Waals surface area contributed by atoms with E-state index in [-0.39, 0.29) is 0 Å². The van der Waals surface area contributed by atoms with Gasteiger partial charge in [-0.05, 0) is 87.7 Å². The van der Waals surface area contributed by atoms with Crippen molar-refractivity contribution in [1.29, 1.82) is 0 Å². The van der Waals surface area contributed by atoms with Gasteiger partial charge in [0, 0.05) is 30.1 Å². The molecule has 6 nitrogen and oxygen atoms in total. The number of nitrogens with zero attached hydrogens (tertiary/aromatic N) is 3. The molecule has 0 spiro atoms. The van der Waals surface area contributed by atoms with Crippen molar-refractivity contribution in [3.8, 4) is 0 Å². The number of fused-ring (bicyclic) bond motifs is 1. The van der Waals surface area contributed by atoms with Crippen molar-refractivity contribution in [2.45, 2.75) is 51.2 Å². The Bertz CT molecular complexity index is 1350.